The summed E-state index contributed by atoms with van der Waals surface area (Å²) in [5.41, 5.74) is -0.0657. The van der Waals surface area contributed by atoms with Crippen LogP contribution in [0.15, 0.2) is 64.0 Å². The van der Waals surface area contributed by atoms with Crippen molar-refractivity contribution in [2.75, 3.05) is 6.54 Å². The van der Waals surface area contributed by atoms with Crippen molar-refractivity contribution in [2.45, 2.75) is 19.5 Å². The lowest BCUT2D eigenvalue weighted by Crippen LogP contribution is -2.39. The number of nitrogens with one attached hydrogen (secondary N) is 1. The molecule has 12 heteroatoms. The van der Waals surface area contributed by atoms with E-state index < -0.39 is 11.9 Å². The van der Waals surface area contributed by atoms with E-state index in [2.05, 4.69) is 25.6 Å². The minimum atomic E-state index is -0.821. The van der Waals surface area contributed by atoms with Crippen molar-refractivity contribution in [3.63, 3.8) is 0 Å². The molecule has 0 bridgehead atoms. The average Bonchev–Trinajstić information content (AvgIpc) is 3.49. The van der Waals surface area contributed by atoms with Gasteiger partial charge in [0, 0.05) is 18.7 Å². The van der Waals surface area contributed by atoms with Crippen LogP contribution in [0.5, 0.6) is 0 Å². The molecular weight excluding hydrogens is 420 g/mol. The Morgan fingerprint density at radius 3 is 2.71 bits per heavy atom. The molecule has 31 heavy (non-hydrogen) atoms. The molecule has 1 amide bonds. The van der Waals surface area contributed by atoms with Gasteiger partial charge in [0.15, 0.2) is 5.82 Å². The molecule has 0 aromatic carbocycles. The normalized spacial score (nSPS) is 11.9. The molecule has 1 atom stereocenters. The Balaban J connectivity index is 1.43. The van der Waals surface area contributed by atoms with Gasteiger partial charge in [-0.1, -0.05) is 6.07 Å². The van der Waals surface area contributed by atoms with Crippen LogP contribution in [0.1, 0.15) is 13.0 Å². The molecule has 4 aromatic rings. The zero-order valence-corrected chi connectivity index (χ0v) is 17.3. The molecule has 0 aliphatic rings. The van der Waals surface area contributed by atoms with E-state index in [0.29, 0.717) is 11.5 Å². The van der Waals surface area contributed by atoms with Gasteiger partial charge in [-0.25, -0.2) is 19.0 Å². The Hall–Kier alpha value is -3.93. The van der Waals surface area contributed by atoms with E-state index in [0.717, 1.165) is 9.56 Å². The predicted octanol–water partition coefficient (Wildman–Crippen LogP) is 0.487. The first kappa shape index (κ1) is 20.3. The summed E-state index contributed by atoms with van der Waals surface area (Å²) in [6.07, 6.45) is 2.83. The van der Waals surface area contributed by atoms with Crippen LogP contribution in [0.4, 0.5) is 0 Å². The molecule has 0 fully saturated rings. The van der Waals surface area contributed by atoms with Crippen LogP contribution in [0, 0.1) is 0 Å². The van der Waals surface area contributed by atoms with Crippen LogP contribution in [0.3, 0.4) is 0 Å². The summed E-state index contributed by atoms with van der Waals surface area (Å²) in [4.78, 5) is 41.6. The summed E-state index contributed by atoms with van der Waals surface area (Å²) in [5, 5.41) is 17.2. The van der Waals surface area contributed by atoms with Crippen LogP contribution in [-0.4, -0.2) is 46.8 Å². The van der Waals surface area contributed by atoms with Gasteiger partial charge in [-0.15, -0.1) is 16.4 Å². The first-order valence-electron chi connectivity index (χ1n) is 9.37. The number of hydrogen-bond donors (Lipinski definition) is 1. The highest BCUT2D eigenvalue weighted by Gasteiger charge is 2.18. The number of nitrogens with zero attached hydrogens (tertiary/aromatic N) is 7. The predicted molar refractivity (Wildman–Crippen MR) is 113 cm³/mol. The summed E-state index contributed by atoms with van der Waals surface area (Å²) in [6, 6.07) is 8.89. The van der Waals surface area contributed by atoms with E-state index >= 15 is 0 Å². The minimum Gasteiger partial charge on any atom is -0.352 e. The first-order chi connectivity index (χ1) is 15.0. The van der Waals surface area contributed by atoms with Crippen LogP contribution < -0.4 is 16.4 Å². The third kappa shape index (κ3) is 4.48. The monoisotopic (exact) mass is 438 g/mol. The number of carbonyl (C=O) groups excluding carboxylic acids is 1. The molecule has 158 valence electrons. The van der Waals surface area contributed by atoms with Gasteiger partial charge in [0.2, 0.25) is 5.91 Å². The molecule has 1 N–H and O–H groups in total. The molecule has 0 aliphatic heterocycles. The lowest BCUT2D eigenvalue weighted by atomic mass is 10.3. The van der Waals surface area contributed by atoms with Gasteiger partial charge in [-0.05, 0) is 30.5 Å². The Kier molecular flexibility index (Phi) is 5.80. The molecule has 0 radical (unpaired) electrons. The summed E-state index contributed by atoms with van der Waals surface area (Å²) >= 11 is 1.50. The molecule has 0 aliphatic carbocycles. The average molecular weight is 438 g/mol. The van der Waals surface area contributed by atoms with Crippen LogP contribution in [0.2, 0.25) is 0 Å². The van der Waals surface area contributed by atoms with E-state index in [1.54, 1.807) is 13.0 Å². The fraction of sp³-hybridized carbons (Fsp3) is 0.211. The number of aromatic nitrogens is 7. The Morgan fingerprint density at radius 1 is 1.13 bits per heavy atom. The van der Waals surface area contributed by atoms with Crippen molar-refractivity contribution in [1.29, 1.82) is 0 Å². The molecule has 0 saturated heterocycles. The lowest BCUT2D eigenvalue weighted by molar-refractivity contribution is -0.124. The van der Waals surface area contributed by atoms with Crippen molar-refractivity contribution in [2.24, 2.45) is 0 Å². The fourth-order valence-electron chi connectivity index (χ4n) is 2.85. The van der Waals surface area contributed by atoms with Gasteiger partial charge in [0.25, 0.3) is 11.1 Å². The maximum Gasteiger partial charge on any atom is 0.267 e. The topological polar surface area (TPSA) is 130 Å². The van der Waals surface area contributed by atoms with Gasteiger partial charge in [-0.3, -0.25) is 14.4 Å². The molecule has 11 nitrogen and oxygen atoms in total. The number of hydrogen-bond acceptors (Lipinski definition) is 8. The van der Waals surface area contributed by atoms with Crippen LogP contribution >= 0.6 is 11.3 Å². The lowest BCUT2D eigenvalue weighted by Gasteiger charge is -2.15. The second-order valence-electron chi connectivity index (χ2n) is 6.54. The van der Waals surface area contributed by atoms with E-state index in [-0.39, 0.29) is 24.2 Å². The van der Waals surface area contributed by atoms with Gasteiger partial charge in [0.05, 0.1) is 11.4 Å². The van der Waals surface area contributed by atoms with Crippen molar-refractivity contribution >= 4 is 17.2 Å². The highest BCUT2D eigenvalue weighted by atomic mass is 32.1. The molecule has 0 saturated carbocycles. The third-order valence-electron chi connectivity index (χ3n) is 4.47. The molecule has 0 spiro atoms. The number of thiophene rings is 1. The Bertz CT molecular complexity index is 1290. The molecule has 0 unspecified atom stereocenters. The van der Waals surface area contributed by atoms with E-state index in [9.17, 15) is 14.4 Å². The standard InChI is InChI=1S/C19H18N8O3S/c1-13(27-18(29)6-4-14(23-27)15-3-2-10-31-15)19(30)21-8-9-25-17(28)7-5-16(24-25)26-12-20-11-22-26/h2-7,10-13H,8-9H2,1H3,(H,21,30)/t13-/m1/s1. The second-order valence-corrected chi connectivity index (χ2v) is 7.49. The molecule has 4 rings (SSSR count). The van der Waals surface area contributed by atoms with Crippen molar-refractivity contribution in [1.82, 2.24) is 39.6 Å². The SMILES string of the molecule is C[C@H](C(=O)NCCn1nc(-n2cncn2)ccc1=O)n1nc(-c2cccs2)ccc1=O. The van der Waals surface area contributed by atoms with Crippen molar-refractivity contribution in [3.05, 3.63) is 75.1 Å². The molecule has 4 aromatic heterocycles. The number of amides is 1. The Morgan fingerprint density at radius 2 is 1.97 bits per heavy atom. The third-order valence-corrected chi connectivity index (χ3v) is 5.37. The van der Waals surface area contributed by atoms with Crippen molar-refractivity contribution in [3.8, 4) is 16.4 Å². The van der Waals surface area contributed by atoms with Gasteiger partial charge in [0.1, 0.15) is 24.4 Å². The maximum atomic E-state index is 12.6. The number of rotatable bonds is 7. The first-order valence-corrected chi connectivity index (χ1v) is 10.3. The molecular formula is C19H18N8O3S. The van der Waals surface area contributed by atoms with E-state index in [1.165, 1.54) is 51.6 Å². The summed E-state index contributed by atoms with van der Waals surface area (Å²) in [6.45, 7) is 1.89. The zero-order valence-electron chi connectivity index (χ0n) is 16.5. The summed E-state index contributed by atoms with van der Waals surface area (Å²) in [7, 11) is 0. The minimum absolute atomic E-state index is 0.149. The van der Waals surface area contributed by atoms with E-state index in [4.69, 9.17) is 0 Å². The van der Waals surface area contributed by atoms with Gasteiger partial charge >= 0.3 is 0 Å². The molecule has 4 heterocycles. The summed E-state index contributed by atoms with van der Waals surface area (Å²) in [5.74, 6) is 0.0383. The number of carbonyl (C=O) groups is 1. The quantitative estimate of drug-likeness (QED) is 0.444. The van der Waals surface area contributed by atoms with E-state index in [1.807, 2.05) is 17.5 Å². The van der Waals surface area contributed by atoms with Gasteiger partial charge in [-0.2, -0.15) is 10.2 Å². The fourth-order valence-corrected chi connectivity index (χ4v) is 3.54. The van der Waals surface area contributed by atoms with Crippen LogP contribution in [0.25, 0.3) is 16.4 Å². The maximum absolute atomic E-state index is 12.6. The second kappa shape index (κ2) is 8.83. The summed E-state index contributed by atoms with van der Waals surface area (Å²) < 4.78 is 3.80. The zero-order chi connectivity index (χ0) is 21.8. The van der Waals surface area contributed by atoms with Crippen LogP contribution in [-0.2, 0) is 11.3 Å². The van der Waals surface area contributed by atoms with Gasteiger partial charge < -0.3 is 5.32 Å². The highest BCUT2D eigenvalue weighted by molar-refractivity contribution is 7.13. The smallest absolute Gasteiger partial charge is 0.267 e. The highest BCUT2D eigenvalue weighted by Crippen LogP contribution is 2.21. The Labute approximate surface area is 179 Å². The largest absolute Gasteiger partial charge is 0.352 e. The van der Waals surface area contributed by atoms with Crippen molar-refractivity contribution < 1.29 is 4.79 Å².